The zero-order valence-corrected chi connectivity index (χ0v) is 10.5. The summed E-state index contributed by atoms with van der Waals surface area (Å²) in [5.74, 6) is -1.68. The van der Waals surface area contributed by atoms with Crippen LogP contribution in [0.25, 0.3) is 0 Å². The van der Waals surface area contributed by atoms with E-state index in [1.807, 2.05) is 0 Å². The maximum absolute atomic E-state index is 12.4. The molecule has 106 valence electrons. The van der Waals surface area contributed by atoms with Crippen LogP contribution in [-0.4, -0.2) is 31.0 Å². The van der Waals surface area contributed by atoms with E-state index in [9.17, 15) is 18.0 Å². The first-order chi connectivity index (χ1) is 8.80. The van der Waals surface area contributed by atoms with Gasteiger partial charge in [-0.1, -0.05) is 0 Å². The fourth-order valence-electron chi connectivity index (χ4n) is 1.39. The average molecular weight is 279 g/mol. The number of carbonyl (C=O) groups excluding carboxylic acids is 1. The Balaban J connectivity index is 3.30. The molecule has 0 unspecified atom stereocenters. The van der Waals surface area contributed by atoms with Gasteiger partial charge in [0.2, 0.25) is 5.88 Å². The number of hydrogen-bond donors (Lipinski definition) is 0. The molecular formula is C11H12F3NO4. The standard InChI is InChI=1S/C11H12F3NO4/c1-4-18-10(16)7-5-15-9(17-3)6(2)8(7)19-11(12,13)14/h5H,4H2,1-3H3. The highest BCUT2D eigenvalue weighted by Gasteiger charge is 2.35. The summed E-state index contributed by atoms with van der Waals surface area (Å²) in [6, 6.07) is 0. The summed E-state index contributed by atoms with van der Waals surface area (Å²) in [5, 5.41) is 0. The van der Waals surface area contributed by atoms with E-state index >= 15 is 0 Å². The summed E-state index contributed by atoms with van der Waals surface area (Å²) < 4.78 is 50.3. The van der Waals surface area contributed by atoms with Crippen LogP contribution in [0.15, 0.2) is 6.20 Å². The molecule has 0 aliphatic rings. The number of nitrogens with zero attached hydrogens (tertiary/aromatic N) is 1. The highest BCUT2D eigenvalue weighted by atomic mass is 19.4. The fraction of sp³-hybridized carbons (Fsp3) is 0.455. The molecule has 0 radical (unpaired) electrons. The van der Waals surface area contributed by atoms with E-state index in [0.29, 0.717) is 0 Å². The molecule has 0 aromatic carbocycles. The van der Waals surface area contributed by atoms with E-state index < -0.39 is 23.6 Å². The summed E-state index contributed by atoms with van der Waals surface area (Å²) in [4.78, 5) is 15.3. The zero-order chi connectivity index (χ0) is 14.6. The Morgan fingerprint density at radius 2 is 2.05 bits per heavy atom. The normalized spacial score (nSPS) is 11.1. The van der Waals surface area contributed by atoms with E-state index in [2.05, 4.69) is 14.5 Å². The molecule has 0 saturated carbocycles. The number of ether oxygens (including phenoxy) is 3. The highest BCUT2D eigenvalue weighted by Crippen LogP contribution is 2.34. The largest absolute Gasteiger partial charge is 0.573 e. The number of rotatable bonds is 4. The molecule has 0 aliphatic carbocycles. The van der Waals surface area contributed by atoms with Crippen molar-refractivity contribution in [2.45, 2.75) is 20.2 Å². The number of pyridine rings is 1. The Labute approximate surface area is 107 Å². The first-order valence-corrected chi connectivity index (χ1v) is 5.26. The second kappa shape index (κ2) is 5.77. The molecule has 0 atom stereocenters. The lowest BCUT2D eigenvalue weighted by atomic mass is 10.2. The van der Waals surface area contributed by atoms with Crippen molar-refractivity contribution < 1.29 is 32.2 Å². The van der Waals surface area contributed by atoms with Crippen molar-refractivity contribution in [2.75, 3.05) is 13.7 Å². The van der Waals surface area contributed by atoms with Crippen LogP contribution in [0.3, 0.4) is 0 Å². The molecule has 0 bridgehead atoms. The molecule has 1 heterocycles. The number of carbonyl (C=O) groups is 1. The van der Waals surface area contributed by atoms with Gasteiger partial charge in [0.15, 0.2) is 5.75 Å². The second-order valence-electron chi connectivity index (χ2n) is 3.40. The molecule has 0 amide bonds. The Hall–Kier alpha value is -1.99. The van der Waals surface area contributed by atoms with Gasteiger partial charge >= 0.3 is 12.3 Å². The third-order valence-corrected chi connectivity index (χ3v) is 2.12. The van der Waals surface area contributed by atoms with E-state index in [1.165, 1.54) is 21.0 Å². The van der Waals surface area contributed by atoms with Crippen LogP contribution in [0.2, 0.25) is 0 Å². The van der Waals surface area contributed by atoms with Crippen LogP contribution in [0.4, 0.5) is 13.2 Å². The highest BCUT2D eigenvalue weighted by molar-refractivity contribution is 5.92. The minimum atomic E-state index is -4.93. The van der Waals surface area contributed by atoms with Crippen molar-refractivity contribution in [1.29, 1.82) is 0 Å². The van der Waals surface area contributed by atoms with Crippen molar-refractivity contribution in [1.82, 2.24) is 4.98 Å². The lowest BCUT2D eigenvalue weighted by molar-refractivity contribution is -0.275. The molecule has 8 heteroatoms. The Kier molecular flexibility index (Phi) is 4.57. The molecule has 0 N–H and O–H groups in total. The van der Waals surface area contributed by atoms with Crippen LogP contribution < -0.4 is 9.47 Å². The van der Waals surface area contributed by atoms with Gasteiger partial charge in [-0.2, -0.15) is 0 Å². The quantitative estimate of drug-likeness (QED) is 0.792. The van der Waals surface area contributed by atoms with Gasteiger partial charge in [0.25, 0.3) is 0 Å². The Morgan fingerprint density at radius 1 is 1.42 bits per heavy atom. The summed E-state index contributed by atoms with van der Waals surface area (Å²) in [6.07, 6.45) is -4.01. The molecule has 0 aliphatic heterocycles. The molecule has 1 aromatic heterocycles. The molecule has 0 fully saturated rings. The number of hydrogen-bond acceptors (Lipinski definition) is 5. The first-order valence-electron chi connectivity index (χ1n) is 5.26. The number of methoxy groups -OCH3 is 1. The van der Waals surface area contributed by atoms with Crippen LogP contribution >= 0.6 is 0 Å². The number of alkyl halides is 3. The third kappa shape index (κ3) is 3.73. The van der Waals surface area contributed by atoms with Crippen LogP contribution in [0, 0.1) is 6.92 Å². The van der Waals surface area contributed by atoms with Crippen LogP contribution in [-0.2, 0) is 4.74 Å². The maximum Gasteiger partial charge on any atom is 0.573 e. The molecule has 1 rings (SSSR count). The smallest absolute Gasteiger partial charge is 0.481 e. The van der Waals surface area contributed by atoms with Crippen molar-refractivity contribution >= 4 is 5.97 Å². The number of aromatic nitrogens is 1. The molecule has 5 nitrogen and oxygen atoms in total. The molecule has 0 saturated heterocycles. The van der Waals surface area contributed by atoms with E-state index in [4.69, 9.17) is 4.74 Å². The lowest BCUT2D eigenvalue weighted by Gasteiger charge is -2.16. The minimum absolute atomic E-state index is 0.0232. The summed E-state index contributed by atoms with van der Waals surface area (Å²) in [6.45, 7) is 2.86. The summed E-state index contributed by atoms with van der Waals surface area (Å²) >= 11 is 0. The molecule has 19 heavy (non-hydrogen) atoms. The lowest BCUT2D eigenvalue weighted by Crippen LogP contribution is -2.21. The molecule has 0 spiro atoms. The molecule has 1 aromatic rings. The third-order valence-electron chi connectivity index (χ3n) is 2.12. The Bertz CT molecular complexity index is 474. The predicted octanol–water partition coefficient (Wildman–Crippen LogP) is 2.47. The Morgan fingerprint density at radius 3 is 2.53 bits per heavy atom. The van der Waals surface area contributed by atoms with E-state index in [-0.39, 0.29) is 18.1 Å². The maximum atomic E-state index is 12.4. The zero-order valence-electron chi connectivity index (χ0n) is 10.5. The monoisotopic (exact) mass is 279 g/mol. The van der Waals surface area contributed by atoms with E-state index in [0.717, 1.165) is 6.20 Å². The number of halogens is 3. The van der Waals surface area contributed by atoms with E-state index in [1.54, 1.807) is 0 Å². The van der Waals surface area contributed by atoms with Gasteiger partial charge in [-0.15, -0.1) is 13.2 Å². The van der Waals surface area contributed by atoms with Gasteiger partial charge < -0.3 is 14.2 Å². The molecular weight excluding hydrogens is 267 g/mol. The van der Waals surface area contributed by atoms with Gasteiger partial charge in [-0.3, -0.25) is 0 Å². The van der Waals surface area contributed by atoms with Crippen molar-refractivity contribution in [2.24, 2.45) is 0 Å². The topological polar surface area (TPSA) is 57.7 Å². The van der Waals surface area contributed by atoms with Gasteiger partial charge in [0.05, 0.1) is 19.3 Å². The summed E-state index contributed by atoms with van der Waals surface area (Å²) in [7, 11) is 1.25. The van der Waals surface area contributed by atoms with Gasteiger partial charge in [-0.25, -0.2) is 9.78 Å². The first kappa shape index (κ1) is 15.1. The minimum Gasteiger partial charge on any atom is -0.481 e. The second-order valence-corrected chi connectivity index (χ2v) is 3.40. The average Bonchev–Trinajstić information content (AvgIpc) is 2.30. The SMILES string of the molecule is CCOC(=O)c1cnc(OC)c(C)c1OC(F)(F)F. The summed E-state index contributed by atoms with van der Waals surface area (Å²) in [5.41, 5.74) is -0.442. The van der Waals surface area contributed by atoms with Gasteiger partial charge in [0.1, 0.15) is 5.56 Å². The van der Waals surface area contributed by atoms with Crippen molar-refractivity contribution in [3.05, 3.63) is 17.3 Å². The van der Waals surface area contributed by atoms with Gasteiger partial charge in [0, 0.05) is 6.20 Å². The van der Waals surface area contributed by atoms with Crippen LogP contribution in [0.5, 0.6) is 11.6 Å². The van der Waals surface area contributed by atoms with Crippen LogP contribution in [0.1, 0.15) is 22.8 Å². The number of esters is 1. The fourth-order valence-corrected chi connectivity index (χ4v) is 1.39. The van der Waals surface area contributed by atoms with Crippen molar-refractivity contribution in [3.8, 4) is 11.6 Å². The predicted molar refractivity (Wildman–Crippen MR) is 58.2 cm³/mol. The van der Waals surface area contributed by atoms with Gasteiger partial charge in [-0.05, 0) is 13.8 Å². The van der Waals surface area contributed by atoms with Crippen molar-refractivity contribution in [3.63, 3.8) is 0 Å².